The van der Waals surface area contributed by atoms with Gasteiger partial charge in [-0.2, -0.15) is 0 Å². The van der Waals surface area contributed by atoms with Gasteiger partial charge in [-0.05, 0) is 6.07 Å². The van der Waals surface area contributed by atoms with E-state index in [-0.39, 0.29) is 12.7 Å². The van der Waals surface area contributed by atoms with Gasteiger partial charge in [0.25, 0.3) is 0 Å². The van der Waals surface area contributed by atoms with Gasteiger partial charge in [-0.25, -0.2) is 9.78 Å². The van der Waals surface area contributed by atoms with Crippen LogP contribution in [0.3, 0.4) is 0 Å². The molecule has 1 fully saturated rings. The monoisotopic (exact) mass is 212 g/mol. The first-order valence-corrected chi connectivity index (χ1v) is 4.70. The molecule has 1 aromatic heterocycles. The summed E-state index contributed by atoms with van der Waals surface area (Å²) in [4.78, 5) is 17.0. The zero-order valence-electron chi connectivity index (χ0n) is 7.96. The third-order valence-corrected chi connectivity index (χ3v) is 2.45. The Kier molecular flexibility index (Phi) is 2.81. The summed E-state index contributed by atoms with van der Waals surface area (Å²) < 4.78 is 5.37. The number of nitrogens with one attached hydrogen (secondary N) is 1. The number of hydrogen-bond acceptors (Lipinski definition) is 5. The van der Waals surface area contributed by atoms with Gasteiger partial charge >= 0.3 is 5.69 Å². The Balaban J connectivity index is 2.17. The van der Waals surface area contributed by atoms with E-state index in [1.807, 2.05) is 0 Å². The van der Waals surface area contributed by atoms with E-state index < -0.39 is 17.9 Å². The van der Waals surface area contributed by atoms with Crippen molar-refractivity contribution < 1.29 is 14.9 Å². The van der Waals surface area contributed by atoms with Crippen LogP contribution in [0.1, 0.15) is 18.2 Å². The molecule has 0 aromatic carbocycles. The molecule has 3 atom stereocenters. The van der Waals surface area contributed by atoms with Crippen LogP contribution < -0.4 is 5.69 Å². The molecule has 0 amide bonds. The summed E-state index contributed by atoms with van der Waals surface area (Å²) in [5.41, 5.74) is 0.128. The van der Waals surface area contributed by atoms with Crippen LogP contribution in [0.5, 0.6) is 0 Å². The standard InChI is InChI=1S/C9H12N2O4/c12-4-8-6(13)3-7(15-8)5-1-2-10-9(14)11-5/h1-2,6-8,12-13H,3-4H2,(H,10,11,14)/t6-,7+,8+/m0/s1. The Bertz CT molecular complexity index is 392. The summed E-state index contributed by atoms with van der Waals surface area (Å²) in [5.74, 6) is 0. The van der Waals surface area contributed by atoms with Crippen LogP contribution >= 0.6 is 0 Å². The lowest BCUT2D eigenvalue weighted by molar-refractivity contribution is -0.0236. The molecular weight excluding hydrogens is 200 g/mol. The minimum atomic E-state index is -0.698. The van der Waals surface area contributed by atoms with Gasteiger partial charge in [-0.15, -0.1) is 0 Å². The predicted octanol–water partition coefficient (Wildman–Crippen LogP) is -1.05. The summed E-state index contributed by atoms with van der Waals surface area (Å²) >= 11 is 0. The second-order valence-corrected chi connectivity index (χ2v) is 3.48. The first-order valence-electron chi connectivity index (χ1n) is 4.70. The fraction of sp³-hybridized carbons (Fsp3) is 0.556. The summed E-state index contributed by atoms with van der Waals surface area (Å²) in [5, 5.41) is 18.4. The molecule has 2 rings (SSSR count). The molecule has 0 aliphatic carbocycles. The van der Waals surface area contributed by atoms with Crippen LogP contribution in [0, 0.1) is 0 Å². The fourth-order valence-corrected chi connectivity index (χ4v) is 1.66. The molecule has 15 heavy (non-hydrogen) atoms. The molecule has 6 nitrogen and oxygen atoms in total. The van der Waals surface area contributed by atoms with Gasteiger partial charge < -0.3 is 19.9 Å². The molecule has 0 bridgehead atoms. The summed E-state index contributed by atoms with van der Waals surface area (Å²) in [7, 11) is 0. The maximum Gasteiger partial charge on any atom is 0.345 e. The molecule has 82 valence electrons. The molecule has 1 aliphatic rings. The first-order chi connectivity index (χ1) is 7.20. The van der Waals surface area contributed by atoms with Crippen molar-refractivity contribution >= 4 is 0 Å². The van der Waals surface area contributed by atoms with Crippen LogP contribution in [0.2, 0.25) is 0 Å². The molecule has 0 saturated carbocycles. The van der Waals surface area contributed by atoms with Crippen LogP contribution in [-0.4, -0.2) is 39.0 Å². The predicted molar refractivity (Wildman–Crippen MR) is 50.2 cm³/mol. The van der Waals surface area contributed by atoms with Gasteiger partial charge in [-0.3, -0.25) is 0 Å². The Morgan fingerprint density at radius 1 is 1.67 bits per heavy atom. The number of aromatic nitrogens is 2. The molecular formula is C9H12N2O4. The normalized spacial score (nSPS) is 30.7. The van der Waals surface area contributed by atoms with Crippen molar-refractivity contribution in [3.8, 4) is 0 Å². The number of aliphatic hydroxyl groups excluding tert-OH is 2. The van der Waals surface area contributed by atoms with E-state index in [1.54, 1.807) is 6.07 Å². The molecule has 0 unspecified atom stereocenters. The van der Waals surface area contributed by atoms with E-state index in [0.717, 1.165) is 0 Å². The summed E-state index contributed by atoms with van der Waals surface area (Å²) in [6, 6.07) is 1.62. The number of rotatable bonds is 2. The average Bonchev–Trinajstić information content (AvgIpc) is 2.60. The summed E-state index contributed by atoms with van der Waals surface area (Å²) in [6.45, 7) is -0.229. The van der Waals surface area contributed by atoms with Crippen molar-refractivity contribution in [3.05, 3.63) is 28.4 Å². The fourth-order valence-electron chi connectivity index (χ4n) is 1.66. The van der Waals surface area contributed by atoms with Crippen molar-refractivity contribution in [2.75, 3.05) is 6.61 Å². The van der Waals surface area contributed by atoms with Gasteiger partial charge in [-0.1, -0.05) is 0 Å². The van der Waals surface area contributed by atoms with Crippen molar-refractivity contribution in [1.29, 1.82) is 0 Å². The van der Waals surface area contributed by atoms with Crippen molar-refractivity contribution in [2.45, 2.75) is 24.7 Å². The second kappa shape index (κ2) is 4.09. The van der Waals surface area contributed by atoms with Crippen LogP contribution in [0.25, 0.3) is 0 Å². The first kappa shape index (κ1) is 10.3. The highest BCUT2D eigenvalue weighted by Gasteiger charge is 2.34. The van der Waals surface area contributed by atoms with E-state index in [1.165, 1.54) is 6.20 Å². The minimum absolute atomic E-state index is 0.229. The third kappa shape index (κ3) is 2.06. The van der Waals surface area contributed by atoms with E-state index in [0.29, 0.717) is 12.1 Å². The molecule has 6 heteroatoms. The number of hydrogen-bond donors (Lipinski definition) is 3. The number of ether oxygens (including phenoxy) is 1. The lowest BCUT2D eigenvalue weighted by atomic mass is 10.1. The van der Waals surface area contributed by atoms with Crippen LogP contribution in [-0.2, 0) is 4.74 Å². The van der Waals surface area contributed by atoms with Gasteiger partial charge in [0.2, 0.25) is 0 Å². The molecule has 1 saturated heterocycles. The van der Waals surface area contributed by atoms with E-state index >= 15 is 0 Å². The molecule has 1 aliphatic heterocycles. The van der Waals surface area contributed by atoms with E-state index in [4.69, 9.17) is 9.84 Å². The minimum Gasteiger partial charge on any atom is -0.394 e. The highest BCUT2D eigenvalue weighted by Crippen LogP contribution is 2.30. The number of nitrogens with zero attached hydrogens (tertiary/aromatic N) is 1. The smallest absolute Gasteiger partial charge is 0.345 e. The summed E-state index contributed by atoms with van der Waals surface area (Å²) in [6.07, 6.45) is 0.0950. The Morgan fingerprint density at radius 3 is 3.07 bits per heavy atom. The highest BCUT2D eigenvalue weighted by molar-refractivity contribution is 5.05. The quantitative estimate of drug-likeness (QED) is 0.581. The lowest BCUT2D eigenvalue weighted by Crippen LogP contribution is -2.24. The van der Waals surface area contributed by atoms with Gasteiger partial charge in [0.15, 0.2) is 0 Å². The molecule has 0 radical (unpaired) electrons. The largest absolute Gasteiger partial charge is 0.394 e. The number of aromatic amines is 1. The topological polar surface area (TPSA) is 95.4 Å². The third-order valence-electron chi connectivity index (χ3n) is 2.45. The molecule has 2 heterocycles. The van der Waals surface area contributed by atoms with Gasteiger partial charge in [0.1, 0.15) is 12.2 Å². The van der Waals surface area contributed by atoms with Crippen molar-refractivity contribution in [3.63, 3.8) is 0 Å². The number of aliphatic hydroxyl groups is 2. The van der Waals surface area contributed by atoms with E-state index in [2.05, 4.69) is 9.97 Å². The average molecular weight is 212 g/mol. The number of H-pyrrole nitrogens is 1. The second-order valence-electron chi connectivity index (χ2n) is 3.48. The van der Waals surface area contributed by atoms with Crippen LogP contribution in [0.15, 0.2) is 17.1 Å². The van der Waals surface area contributed by atoms with Gasteiger partial charge in [0, 0.05) is 12.6 Å². The van der Waals surface area contributed by atoms with Gasteiger partial charge in [0.05, 0.1) is 18.4 Å². The molecule has 1 aromatic rings. The molecule has 3 N–H and O–H groups in total. The maximum atomic E-state index is 10.9. The maximum absolute atomic E-state index is 10.9. The van der Waals surface area contributed by atoms with Crippen LogP contribution in [0.4, 0.5) is 0 Å². The Labute approximate surface area is 85.6 Å². The molecule has 0 spiro atoms. The Hall–Kier alpha value is -1.24. The van der Waals surface area contributed by atoms with E-state index in [9.17, 15) is 9.90 Å². The SMILES string of the molecule is O=c1nccc([C@H]2C[C@H](O)[C@@H](CO)O2)[nH]1. The Morgan fingerprint density at radius 2 is 2.47 bits per heavy atom. The lowest BCUT2D eigenvalue weighted by Gasteiger charge is -2.11. The van der Waals surface area contributed by atoms with Crippen molar-refractivity contribution in [1.82, 2.24) is 9.97 Å². The van der Waals surface area contributed by atoms with Crippen molar-refractivity contribution in [2.24, 2.45) is 0 Å². The zero-order chi connectivity index (χ0) is 10.8. The zero-order valence-corrected chi connectivity index (χ0v) is 7.96. The highest BCUT2D eigenvalue weighted by atomic mass is 16.5.